The molecule has 0 atom stereocenters. The third-order valence-corrected chi connectivity index (χ3v) is 2.87. The van der Waals surface area contributed by atoms with Crippen molar-refractivity contribution >= 4 is 11.6 Å². The molecule has 0 amide bonds. The second-order valence-corrected chi connectivity index (χ2v) is 4.18. The van der Waals surface area contributed by atoms with Crippen LogP contribution in [0, 0.1) is 0 Å². The first kappa shape index (κ1) is 11.8. The fraction of sp³-hybridized carbons (Fsp3) is 0.250. The molecule has 0 aliphatic rings. The summed E-state index contributed by atoms with van der Waals surface area (Å²) in [7, 11) is 3.42. The summed E-state index contributed by atoms with van der Waals surface area (Å²) in [5, 5.41) is 0.628. The minimum atomic E-state index is -0.0467. The van der Waals surface area contributed by atoms with Gasteiger partial charge in [-0.1, -0.05) is 11.6 Å². The van der Waals surface area contributed by atoms with Gasteiger partial charge >= 0.3 is 0 Å². The lowest BCUT2D eigenvalue weighted by Crippen LogP contribution is -2.21. The predicted molar refractivity (Wildman–Crippen MR) is 66.8 cm³/mol. The van der Waals surface area contributed by atoms with Crippen molar-refractivity contribution in [3.05, 3.63) is 51.4 Å². The Morgan fingerprint density at radius 1 is 1.35 bits per heavy atom. The van der Waals surface area contributed by atoms with E-state index in [-0.39, 0.29) is 5.56 Å². The van der Waals surface area contributed by atoms with Gasteiger partial charge in [0.25, 0.3) is 5.56 Å². The molecule has 0 radical (unpaired) electrons. The monoisotopic (exact) mass is 252 g/mol. The van der Waals surface area contributed by atoms with Gasteiger partial charge in [-0.15, -0.1) is 0 Å². The molecule has 2 rings (SSSR count). The summed E-state index contributed by atoms with van der Waals surface area (Å²) in [5.41, 5.74) is 0.832. The van der Waals surface area contributed by atoms with E-state index in [1.807, 2.05) is 7.05 Å². The maximum atomic E-state index is 11.6. The van der Waals surface area contributed by atoms with Crippen LogP contribution in [0.25, 0.3) is 0 Å². The lowest BCUT2D eigenvalue weighted by molar-refractivity contribution is 0.404. The summed E-state index contributed by atoms with van der Waals surface area (Å²) in [5.74, 6) is 0.725. The Bertz CT molecular complexity index is 586. The van der Waals surface area contributed by atoms with E-state index in [1.165, 1.54) is 6.07 Å². The minimum Gasteiger partial charge on any atom is -0.496 e. The van der Waals surface area contributed by atoms with Gasteiger partial charge < -0.3 is 4.74 Å². The molecule has 5 heteroatoms. The summed E-state index contributed by atoms with van der Waals surface area (Å²) < 4.78 is 8.59. The second kappa shape index (κ2) is 4.67. The zero-order valence-electron chi connectivity index (χ0n) is 9.68. The zero-order valence-corrected chi connectivity index (χ0v) is 10.4. The van der Waals surface area contributed by atoms with Crippen LogP contribution < -0.4 is 10.3 Å². The number of hydrogen-bond donors (Lipinski definition) is 0. The summed E-state index contributed by atoms with van der Waals surface area (Å²) >= 11 is 5.94. The average molecular weight is 253 g/mol. The smallest absolute Gasteiger partial charge is 0.266 e. The van der Waals surface area contributed by atoms with Crippen molar-refractivity contribution in [2.45, 2.75) is 6.54 Å². The van der Waals surface area contributed by atoms with E-state index in [2.05, 4.69) is 0 Å². The van der Waals surface area contributed by atoms with Crippen LogP contribution in [0.3, 0.4) is 0 Å². The Morgan fingerprint density at radius 2 is 2.12 bits per heavy atom. The Balaban J connectivity index is 2.42. The van der Waals surface area contributed by atoms with Crippen LogP contribution >= 0.6 is 11.6 Å². The Kier molecular flexibility index (Phi) is 3.24. The number of halogens is 1. The maximum Gasteiger partial charge on any atom is 0.266 e. The Morgan fingerprint density at radius 3 is 2.71 bits per heavy atom. The Hall–Kier alpha value is -1.68. The highest BCUT2D eigenvalue weighted by Crippen LogP contribution is 2.22. The van der Waals surface area contributed by atoms with Crippen molar-refractivity contribution in [1.29, 1.82) is 0 Å². The lowest BCUT2D eigenvalue weighted by Gasteiger charge is -2.11. The molecule has 0 fully saturated rings. The van der Waals surface area contributed by atoms with E-state index in [4.69, 9.17) is 16.3 Å². The molecule has 1 aromatic heterocycles. The zero-order chi connectivity index (χ0) is 12.4. The van der Waals surface area contributed by atoms with E-state index < -0.39 is 0 Å². The highest BCUT2D eigenvalue weighted by Gasteiger charge is 2.07. The molecule has 2 aromatic rings. The van der Waals surface area contributed by atoms with E-state index >= 15 is 0 Å². The predicted octanol–water partition coefficient (Wildman–Crippen LogP) is 1.90. The van der Waals surface area contributed by atoms with Crippen molar-refractivity contribution in [3.8, 4) is 5.75 Å². The molecule has 0 saturated heterocycles. The first-order chi connectivity index (χ1) is 8.11. The topological polar surface area (TPSA) is 36.2 Å². The van der Waals surface area contributed by atoms with Gasteiger partial charge in [0.05, 0.1) is 13.7 Å². The van der Waals surface area contributed by atoms with Gasteiger partial charge in [0.2, 0.25) is 0 Å². The summed E-state index contributed by atoms with van der Waals surface area (Å²) in [4.78, 5) is 11.6. The highest BCUT2D eigenvalue weighted by atomic mass is 35.5. The van der Waals surface area contributed by atoms with Crippen LogP contribution in [0.15, 0.2) is 35.3 Å². The van der Waals surface area contributed by atoms with Crippen LogP contribution in [-0.2, 0) is 13.6 Å². The molecule has 1 heterocycles. The van der Waals surface area contributed by atoms with Crippen molar-refractivity contribution in [3.63, 3.8) is 0 Å². The molecule has 0 aliphatic heterocycles. The quantitative estimate of drug-likeness (QED) is 0.837. The van der Waals surface area contributed by atoms with Crippen LogP contribution in [0.5, 0.6) is 5.75 Å². The van der Waals surface area contributed by atoms with E-state index in [1.54, 1.807) is 40.9 Å². The summed E-state index contributed by atoms with van der Waals surface area (Å²) in [6, 6.07) is 6.89. The molecular weight excluding hydrogens is 240 g/mol. The SMILES string of the molecule is COc1ccc(Cl)cc1Cn1c(=O)ccn1C. The van der Waals surface area contributed by atoms with Crippen LogP contribution in [0.1, 0.15) is 5.56 Å². The van der Waals surface area contributed by atoms with Crippen LogP contribution in [0.4, 0.5) is 0 Å². The van der Waals surface area contributed by atoms with Gasteiger partial charge in [0.15, 0.2) is 0 Å². The Labute approximate surface area is 104 Å². The first-order valence-electron chi connectivity index (χ1n) is 5.16. The van der Waals surface area contributed by atoms with Crippen molar-refractivity contribution in [2.75, 3.05) is 7.11 Å². The normalized spacial score (nSPS) is 10.5. The molecule has 0 saturated carbocycles. The average Bonchev–Trinajstić information content (AvgIpc) is 2.61. The van der Waals surface area contributed by atoms with E-state index in [9.17, 15) is 4.79 Å². The van der Waals surface area contributed by atoms with E-state index in [0.717, 1.165) is 11.3 Å². The van der Waals surface area contributed by atoms with Gasteiger partial charge in [-0.3, -0.25) is 9.48 Å². The lowest BCUT2D eigenvalue weighted by atomic mass is 10.2. The number of benzene rings is 1. The molecule has 0 unspecified atom stereocenters. The van der Waals surface area contributed by atoms with Gasteiger partial charge in [0, 0.05) is 29.9 Å². The van der Waals surface area contributed by atoms with Gasteiger partial charge in [-0.25, -0.2) is 4.68 Å². The molecular formula is C12H13ClN2O2. The molecule has 4 nitrogen and oxygen atoms in total. The summed E-state index contributed by atoms with van der Waals surface area (Å²) in [6.07, 6.45) is 1.72. The van der Waals surface area contributed by atoms with E-state index in [0.29, 0.717) is 11.6 Å². The van der Waals surface area contributed by atoms with Gasteiger partial charge in [-0.2, -0.15) is 0 Å². The second-order valence-electron chi connectivity index (χ2n) is 3.74. The van der Waals surface area contributed by atoms with Crippen molar-refractivity contribution in [2.24, 2.45) is 7.05 Å². The molecule has 0 N–H and O–H groups in total. The molecule has 1 aromatic carbocycles. The molecule has 0 aliphatic carbocycles. The van der Waals surface area contributed by atoms with Gasteiger partial charge in [0.1, 0.15) is 5.75 Å². The number of nitrogens with zero attached hydrogens (tertiary/aromatic N) is 2. The number of hydrogen-bond acceptors (Lipinski definition) is 2. The van der Waals surface area contributed by atoms with Crippen molar-refractivity contribution in [1.82, 2.24) is 9.36 Å². The molecule has 90 valence electrons. The van der Waals surface area contributed by atoms with Crippen LogP contribution in [0.2, 0.25) is 5.02 Å². The molecule has 0 spiro atoms. The standard InChI is InChI=1S/C12H13ClN2O2/c1-14-6-5-12(16)15(14)8-9-7-10(13)3-4-11(9)17-2/h3-7H,8H2,1-2H3. The number of rotatable bonds is 3. The number of aromatic nitrogens is 2. The first-order valence-corrected chi connectivity index (χ1v) is 5.54. The summed E-state index contributed by atoms with van der Waals surface area (Å²) in [6.45, 7) is 0.437. The molecule has 0 bridgehead atoms. The fourth-order valence-electron chi connectivity index (χ4n) is 1.72. The third kappa shape index (κ3) is 2.36. The van der Waals surface area contributed by atoms with Crippen molar-refractivity contribution < 1.29 is 4.74 Å². The molecule has 17 heavy (non-hydrogen) atoms. The van der Waals surface area contributed by atoms with Gasteiger partial charge in [-0.05, 0) is 18.2 Å². The minimum absolute atomic E-state index is 0.0467. The number of ether oxygens (including phenoxy) is 1. The maximum absolute atomic E-state index is 11.6. The third-order valence-electron chi connectivity index (χ3n) is 2.63. The highest BCUT2D eigenvalue weighted by molar-refractivity contribution is 6.30. The fourth-order valence-corrected chi connectivity index (χ4v) is 1.91. The largest absolute Gasteiger partial charge is 0.496 e. The van der Waals surface area contributed by atoms with Crippen LogP contribution in [-0.4, -0.2) is 16.5 Å². The number of aryl methyl sites for hydroxylation is 1. The number of methoxy groups -OCH3 is 1.